The van der Waals surface area contributed by atoms with Crippen molar-refractivity contribution < 1.29 is 24.5 Å². The molecule has 0 aliphatic heterocycles. The van der Waals surface area contributed by atoms with Crippen LogP contribution < -0.4 is 0 Å². The van der Waals surface area contributed by atoms with E-state index in [9.17, 15) is 14.7 Å². The first-order chi connectivity index (χ1) is 8.52. The van der Waals surface area contributed by atoms with Crippen LogP contribution in [0.3, 0.4) is 0 Å². The van der Waals surface area contributed by atoms with Gasteiger partial charge in [-0.2, -0.15) is 0 Å². The van der Waals surface area contributed by atoms with Gasteiger partial charge in [-0.3, -0.25) is 0 Å². The van der Waals surface area contributed by atoms with Crippen molar-refractivity contribution in [2.24, 2.45) is 0 Å². The van der Waals surface area contributed by atoms with Gasteiger partial charge >= 0.3 is 11.9 Å². The third-order valence-electron chi connectivity index (χ3n) is 2.26. The first kappa shape index (κ1) is 13.8. The highest BCUT2D eigenvalue weighted by Crippen LogP contribution is 2.16. The van der Waals surface area contributed by atoms with E-state index in [-0.39, 0.29) is 23.5 Å². The third-order valence-corrected chi connectivity index (χ3v) is 2.26. The van der Waals surface area contributed by atoms with E-state index in [1.54, 1.807) is 12.1 Å². The Bertz CT molecular complexity index is 476. The Balaban J connectivity index is 2.46. The molecule has 0 heterocycles. The number of phenols is 1. The van der Waals surface area contributed by atoms with Gasteiger partial charge in [0, 0.05) is 12.0 Å². The summed E-state index contributed by atoms with van der Waals surface area (Å²) in [5, 5.41) is 18.0. The lowest BCUT2D eigenvalue weighted by Gasteiger charge is -2.04. The molecule has 5 nitrogen and oxygen atoms in total. The van der Waals surface area contributed by atoms with Crippen molar-refractivity contribution in [1.82, 2.24) is 0 Å². The van der Waals surface area contributed by atoms with Crippen LogP contribution in [-0.2, 0) is 9.53 Å². The van der Waals surface area contributed by atoms with Gasteiger partial charge in [-0.05, 0) is 19.1 Å². The summed E-state index contributed by atoms with van der Waals surface area (Å²) >= 11 is 0. The molecule has 0 aliphatic rings. The second kappa shape index (κ2) is 6.44. The van der Waals surface area contributed by atoms with E-state index >= 15 is 0 Å². The van der Waals surface area contributed by atoms with Crippen molar-refractivity contribution >= 4 is 11.9 Å². The Kier molecular flexibility index (Phi) is 4.92. The lowest BCUT2D eigenvalue weighted by atomic mass is 10.2. The van der Waals surface area contributed by atoms with Gasteiger partial charge in [-0.15, -0.1) is 0 Å². The molecule has 1 rings (SSSR count). The van der Waals surface area contributed by atoms with Gasteiger partial charge in [0.2, 0.25) is 0 Å². The summed E-state index contributed by atoms with van der Waals surface area (Å²) in [4.78, 5) is 22.0. The van der Waals surface area contributed by atoms with E-state index in [1.807, 2.05) is 0 Å². The molecule has 0 unspecified atom stereocenters. The maximum atomic E-state index is 11.5. The van der Waals surface area contributed by atoms with Crippen LogP contribution in [0.4, 0.5) is 0 Å². The summed E-state index contributed by atoms with van der Waals surface area (Å²) in [6.07, 6.45) is 1.79. The summed E-state index contributed by atoms with van der Waals surface area (Å²) in [6, 6.07) is 6.07. The highest BCUT2D eigenvalue weighted by molar-refractivity contribution is 5.92. The van der Waals surface area contributed by atoms with E-state index in [4.69, 9.17) is 9.84 Å². The molecular weight excluding hydrogens is 236 g/mol. The monoisotopic (exact) mass is 250 g/mol. The fourth-order valence-electron chi connectivity index (χ4n) is 1.24. The molecule has 1 aromatic carbocycles. The predicted molar refractivity (Wildman–Crippen MR) is 64.4 cm³/mol. The van der Waals surface area contributed by atoms with E-state index in [0.717, 1.165) is 0 Å². The fourth-order valence-corrected chi connectivity index (χ4v) is 1.24. The molecule has 0 spiro atoms. The van der Waals surface area contributed by atoms with Crippen molar-refractivity contribution in [3.05, 3.63) is 41.5 Å². The van der Waals surface area contributed by atoms with Gasteiger partial charge in [-0.1, -0.05) is 18.2 Å². The number of phenolic OH excluding ortho intramolecular Hbond substituents is 1. The molecule has 5 heteroatoms. The lowest BCUT2D eigenvalue weighted by Crippen LogP contribution is -2.06. The molecule has 96 valence electrons. The summed E-state index contributed by atoms with van der Waals surface area (Å²) in [5.41, 5.74) is 0.296. The molecule has 0 amide bonds. The molecule has 0 atom stereocenters. The molecule has 2 N–H and O–H groups in total. The van der Waals surface area contributed by atoms with Crippen LogP contribution in [0.1, 0.15) is 23.7 Å². The SMILES string of the molecule is CC(=CCCOC(=O)c1ccccc1O)C(=O)O. The van der Waals surface area contributed by atoms with Gasteiger partial charge in [0.1, 0.15) is 11.3 Å². The number of hydrogen-bond acceptors (Lipinski definition) is 4. The second-order valence-electron chi connectivity index (χ2n) is 3.63. The average Bonchev–Trinajstić information content (AvgIpc) is 2.34. The van der Waals surface area contributed by atoms with Crippen molar-refractivity contribution in [1.29, 1.82) is 0 Å². The number of carbonyl (C=O) groups is 2. The number of benzene rings is 1. The smallest absolute Gasteiger partial charge is 0.341 e. The first-order valence-corrected chi connectivity index (χ1v) is 5.37. The zero-order valence-electron chi connectivity index (χ0n) is 9.92. The standard InChI is InChI=1S/C13H14O5/c1-9(12(15)16)5-4-8-18-13(17)10-6-2-3-7-11(10)14/h2-3,5-7,14H,4,8H2,1H3,(H,15,16). The topological polar surface area (TPSA) is 83.8 Å². The number of ether oxygens (including phenoxy) is 1. The van der Waals surface area contributed by atoms with Gasteiger partial charge in [0.05, 0.1) is 6.61 Å². The minimum absolute atomic E-state index is 0.0672. The van der Waals surface area contributed by atoms with E-state index < -0.39 is 11.9 Å². The molecule has 18 heavy (non-hydrogen) atoms. The number of carboxylic acid groups (broad SMARTS) is 1. The van der Waals surface area contributed by atoms with Gasteiger partial charge in [-0.25, -0.2) is 9.59 Å². The number of esters is 1. The number of aromatic hydroxyl groups is 1. The van der Waals surface area contributed by atoms with Gasteiger partial charge < -0.3 is 14.9 Å². The van der Waals surface area contributed by atoms with Crippen molar-refractivity contribution in [3.63, 3.8) is 0 Å². The minimum Gasteiger partial charge on any atom is -0.507 e. The molecule has 0 saturated carbocycles. The molecule has 0 radical (unpaired) electrons. The minimum atomic E-state index is -0.998. The molecule has 0 fully saturated rings. The van der Waals surface area contributed by atoms with Crippen molar-refractivity contribution in [3.8, 4) is 5.75 Å². The van der Waals surface area contributed by atoms with Crippen LogP contribution in [-0.4, -0.2) is 28.8 Å². The Hall–Kier alpha value is -2.30. The third kappa shape index (κ3) is 3.93. The molecule has 0 bridgehead atoms. The molecule has 0 aromatic heterocycles. The second-order valence-corrected chi connectivity index (χ2v) is 3.63. The molecular formula is C13H14O5. The maximum Gasteiger partial charge on any atom is 0.341 e. The maximum absolute atomic E-state index is 11.5. The van der Waals surface area contributed by atoms with Crippen molar-refractivity contribution in [2.45, 2.75) is 13.3 Å². The van der Waals surface area contributed by atoms with Crippen LogP contribution in [0.25, 0.3) is 0 Å². The quantitative estimate of drug-likeness (QED) is 0.474. The first-order valence-electron chi connectivity index (χ1n) is 5.37. The highest BCUT2D eigenvalue weighted by Gasteiger charge is 2.10. The predicted octanol–water partition coefficient (Wildman–Crippen LogP) is 1.97. The zero-order valence-corrected chi connectivity index (χ0v) is 9.92. The lowest BCUT2D eigenvalue weighted by molar-refractivity contribution is -0.132. The molecule has 1 aromatic rings. The summed E-state index contributed by atoms with van der Waals surface area (Å²) in [7, 11) is 0. The van der Waals surface area contributed by atoms with Crippen LogP contribution in [0.2, 0.25) is 0 Å². The number of para-hydroxylation sites is 1. The zero-order chi connectivity index (χ0) is 13.5. The Morgan fingerprint density at radius 3 is 2.61 bits per heavy atom. The van der Waals surface area contributed by atoms with Crippen LogP contribution in [0.5, 0.6) is 5.75 Å². The van der Waals surface area contributed by atoms with Gasteiger partial charge in [0.15, 0.2) is 0 Å². The summed E-state index contributed by atoms with van der Waals surface area (Å²) < 4.78 is 4.90. The van der Waals surface area contributed by atoms with Crippen LogP contribution >= 0.6 is 0 Å². The Morgan fingerprint density at radius 1 is 1.33 bits per heavy atom. The van der Waals surface area contributed by atoms with E-state index in [0.29, 0.717) is 6.42 Å². The van der Waals surface area contributed by atoms with Crippen molar-refractivity contribution in [2.75, 3.05) is 6.61 Å². The summed E-state index contributed by atoms with van der Waals surface area (Å²) in [5.74, 6) is -1.77. The molecule has 0 aliphatic carbocycles. The number of aliphatic carboxylic acids is 1. The average molecular weight is 250 g/mol. The highest BCUT2D eigenvalue weighted by atomic mass is 16.5. The van der Waals surface area contributed by atoms with E-state index in [1.165, 1.54) is 25.1 Å². The Labute approximate surface area is 104 Å². The fraction of sp³-hybridized carbons (Fsp3) is 0.231. The van der Waals surface area contributed by atoms with Crippen LogP contribution in [0.15, 0.2) is 35.9 Å². The molecule has 0 saturated heterocycles. The largest absolute Gasteiger partial charge is 0.507 e. The normalized spacial score (nSPS) is 11.1. The number of hydrogen-bond donors (Lipinski definition) is 2. The number of carboxylic acids is 1. The van der Waals surface area contributed by atoms with E-state index in [2.05, 4.69) is 0 Å². The summed E-state index contributed by atoms with van der Waals surface area (Å²) in [6.45, 7) is 1.53. The van der Waals surface area contributed by atoms with Gasteiger partial charge in [0.25, 0.3) is 0 Å². The number of rotatable bonds is 5. The Morgan fingerprint density at radius 2 is 2.00 bits per heavy atom. The van der Waals surface area contributed by atoms with Crippen LogP contribution in [0, 0.1) is 0 Å². The number of carbonyl (C=O) groups excluding carboxylic acids is 1.